The molecular weight excluding hydrogens is 364 g/mol. The van der Waals surface area contributed by atoms with Crippen molar-refractivity contribution in [3.63, 3.8) is 0 Å². The third-order valence-corrected chi connectivity index (χ3v) is 5.02. The van der Waals surface area contributed by atoms with Gasteiger partial charge in [0, 0.05) is 18.9 Å². The molecule has 0 aliphatic rings. The summed E-state index contributed by atoms with van der Waals surface area (Å²) in [6.45, 7) is 3.94. The summed E-state index contributed by atoms with van der Waals surface area (Å²) in [4.78, 5) is 14.2. The number of aromatic nitrogens is 2. The topological polar surface area (TPSA) is 137 Å². The zero-order valence-electron chi connectivity index (χ0n) is 14.6. The van der Waals surface area contributed by atoms with Crippen LogP contribution in [0, 0.1) is 10.1 Å². The molecule has 2 rings (SSSR count). The second-order valence-electron chi connectivity index (χ2n) is 5.79. The van der Waals surface area contributed by atoms with Crippen LogP contribution >= 0.6 is 0 Å². The molecule has 1 aromatic heterocycles. The van der Waals surface area contributed by atoms with Gasteiger partial charge < -0.3 is 9.26 Å². The van der Waals surface area contributed by atoms with Crippen molar-refractivity contribution in [1.29, 1.82) is 0 Å². The minimum absolute atomic E-state index is 0.0743. The number of benzene rings is 1. The average molecular weight is 384 g/mol. The molecule has 0 aliphatic heterocycles. The Balaban J connectivity index is 2.01. The first-order chi connectivity index (χ1) is 12.2. The Hall–Kier alpha value is -2.53. The molecule has 0 atom stereocenters. The Morgan fingerprint density at radius 3 is 2.69 bits per heavy atom. The van der Waals surface area contributed by atoms with Crippen LogP contribution in [0.25, 0.3) is 0 Å². The number of ether oxygens (including phenoxy) is 1. The van der Waals surface area contributed by atoms with E-state index in [9.17, 15) is 18.5 Å². The van der Waals surface area contributed by atoms with Gasteiger partial charge in [-0.25, -0.2) is 13.1 Å². The van der Waals surface area contributed by atoms with E-state index in [4.69, 9.17) is 9.26 Å². The zero-order chi connectivity index (χ0) is 19.3. The lowest BCUT2D eigenvalue weighted by Crippen LogP contribution is -2.26. The SMILES string of the molecule is COc1ccc(S(=O)(=O)NCCCc2nc(C(C)C)no2)c([N+](=O)[O-])c1. The normalized spacial score (nSPS) is 11.7. The third kappa shape index (κ3) is 4.76. The van der Waals surface area contributed by atoms with Crippen molar-refractivity contribution in [3.05, 3.63) is 40.0 Å². The highest BCUT2D eigenvalue weighted by Crippen LogP contribution is 2.28. The van der Waals surface area contributed by atoms with E-state index < -0.39 is 25.5 Å². The summed E-state index contributed by atoms with van der Waals surface area (Å²) >= 11 is 0. The number of sulfonamides is 1. The monoisotopic (exact) mass is 384 g/mol. The molecule has 10 nitrogen and oxygen atoms in total. The predicted molar refractivity (Wildman–Crippen MR) is 91.5 cm³/mol. The number of nitro benzene ring substituents is 1. The van der Waals surface area contributed by atoms with Gasteiger partial charge in [0.15, 0.2) is 10.7 Å². The summed E-state index contributed by atoms with van der Waals surface area (Å²) < 4.78 is 37.0. The first-order valence-electron chi connectivity index (χ1n) is 7.89. The minimum Gasteiger partial charge on any atom is -0.497 e. The van der Waals surface area contributed by atoms with Gasteiger partial charge in [0.2, 0.25) is 15.9 Å². The van der Waals surface area contributed by atoms with Crippen molar-refractivity contribution in [3.8, 4) is 5.75 Å². The molecule has 1 aromatic carbocycles. The largest absolute Gasteiger partial charge is 0.497 e. The maximum atomic E-state index is 12.4. The standard InChI is InChI=1S/C15H20N4O6S/c1-10(2)15-17-14(25-18-15)5-4-8-16-26(22,23)13-7-6-11(24-3)9-12(13)19(20)21/h6-7,9-10,16H,4-5,8H2,1-3H3. The summed E-state index contributed by atoms with van der Waals surface area (Å²) in [7, 11) is -2.70. The Morgan fingerprint density at radius 2 is 2.12 bits per heavy atom. The van der Waals surface area contributed by atoms with Crippen molar-refractivity contribution < 1.29 is 22.6 Å². The molecule has 142 valence electrons. The lowest BCUT2D eigenvalue weighted by molar-refractivity contribution is -0.387. The van der Waals surface area contributed by atoms with Crippen LogP contribution in [0.4, 0.5) is 5.69 Å². The molecule has 0 fully saturated rings. The van der Waals surface area contributed by atoms with Crippen LogP contribution in [-0.4, -0.2) is 37.1 Å². The van der Waals surface area contributed by atoms with Crippen molar-refractivity contribution in [1.82, 2.24) is 14.9 Å². The fraction of sp³-hybridized carbons (Fsp3) is 0.467. The highest BCUT2D eigenvalue weighted by Gasteiger charge is 2.26. The van der Waals surface area contributed by atoms with Crippen LogP contribution < -0.4 is 9.46 Å². The molecule has 11 heteroatoms. The highest BCUT2D eigenvalue weighted by molar-refractivity contribution is 7.89. The maximum Gasteiger partial charge on any atom is 0.293 e. The first-order valence-corrected chi connectivity index (χ1v) is 9.37. The molecule has 0 saturated carbocycles. The number of nitro groups is 1. The van der Waals surface area contributed by atoms with Crippen LogP contribution in [0.2, 0.25) is 0 Å². The first kappa shape index (κ1) is 19.8. The molecule has 0 amide bonds. The van der Waals surface area contributed by atoms with Crippen LogP contribution in [0.1, 0.15) is 37.9 Å². The number of methoxy groups -OCH3 is 1. The Kier molecular flexibility index (Phi) is 6.27. The lowest BCUT2D eigenvalue weighted by atomic mass is 10.2. The Bertz CT molecular complexity index is 878. The molecular formula is C15H20N4O6S. The van der Waals surface area contributed by atoms with Crippen LogP contribution in [0.5, 0.6) is 5.75 Å². The van der Waals surface area contributed by atoms with Gasteiger partial charge in [-0.1, -0.05) is 19.0 Å². The zero-order valence-corrected chi connectivity index (χ0v) is 15.4. The Labute approximate surface area is 150 Å². The quantitative estimate of drug-likeness (QED) is 0.394. The molecule has 1 heterocycles. The van der Waals surface area contributed by atoms with Crippen molar-refractivity contribution in [2.45, 2.75) is 37.5 Å². The van der Waals surface area contributed by atoms with E-state index in [1.807, 2.05) is 13.8 Å². The van der Waals surface area contributed by atoms with Crippen molar-refractivity contribution >= 4 is 15.7 Å². The minimum atomic E-state index is -4.04. The molecule has 0 saturated heterocycles. The summed E-state index contributed by atoms with van der Waals surface area (Å²) in [5.74, 6) is 1.35. The third-order valence-electron chi connectivity index (χ3n) is 3.51. The summed E-state index contributed by atoms with van der Waals surface area (Å²) in [5, 5.41) is 15.0. The number of hydrogen-bond acceptors (Lipinski definition) is 8. The van der Waals surface area contributed by atoms with Gasteiger partial charge in [-0.05, 0) is 18.6 Å². The van der Waals surface area contributed by atoms with E-state index >= 15 is 0 Å². The number of nitrogens with one attached hydrogen (secondary N) is 1. The molecule has 0 radical (unpaired) electrons. The number of hydrogen-bond donors (Lipinski definition) is 1. The van der Waals surface area contributed by atoms with Gasteiger partial charge in [-0.15, -0.1) is 0 Å². The van der Waals surface area contributed by atoms with Gasteiger partial charge >= 0.3 is 0 Å². The van der Waals surface area contributed by atoms with Gasteiger partial charge in [0.1, 0.15) is 5.75 Å². The van der Waals surface area contributed by atoms with Gasteiger partial charge in [-0.3, -0.25) is 10.1 Å². The molecule has 2 aromatic rings. The summed E-state index contributed by atoms with van der Waals surface area (Å²) in [6, 6.07) is 3.57. The van der Waals surface area contributed by atoms with Gasteiger partial charge in [0.05, 0.1) is 18.1 Å². The second kappa shape index (κ2) is 8.23. The molecule has 26 heavy (non-hydrogen) atoms. The Morgan fingerprint density at radius 1 is 1.38 bits per heavy atom. The molecule has 1 N–H and O–H groups in total. The fourth-order valence-corrected chi connectivity index (χ4v) is 3.35. The summed E-state index contributed by atoms with van der Waals surface area (Å²) in [6.07, 6.45) is 0.801. The van der Waals surface area contributed by atoms with E-state index in [1.54, 1.807) is 0 Å². The molecule has 0 aliphatic carbocycles. The van der Waals surface area contributed by atoms with Crippen molar-refractivity contribution in [2.24, 2.45) is 0 Å². The summed E-state index contributed by atoms with van der Waals surface area (Å²) in [5.41, 5.74) is -0.546. The number of rotatable bonds is 9. The molecule has 0 spiro atoms. The second-order valence-corrected chi connectivity index (χ2v) is 7.53. The van der Waals surface area contributed by atoms with E-state index in [0.717, 1.165) is 12.1 Å². The maximum absolute atomic E-state index is 12.4. The van der Waals surface area contributed by atoms with Crippen LogP contribution in [0.3, 0.4) is 0 Å². The fourth-order valence-electron chi connectivity index (χ4n) is 2.12. The molecule has 0 bridgehead atoms. The number of nitrogens with zero attached hydrogens (tertiary/aromatic N) is 3. The van der Waals surface area contributed by atoms with Crippen LogP contribution in [-0.2, 0) is 16.4 Å². The van der Waals surface area contributed by atoms with Gasteiger partial charge in [0.25, 0.3) is 5.69 Å². The van der Waals surface area contributed by atoms with E-state index in [-0.39, 0.29) is 18.2 Å². The predicted octanol–water partition coefficient (Wildman–Crippen LogP) is 2.02. The highest BCUT2D eigenvalue weighted by atomic mass is 32.2. The van der Waals surface area contributed by atoms with Crippen molar-refractivity contribution in [2.75, 3.05) is 13.7 Å². The smallest absolute Gasteiger partial charge is 0.293 e. The van der Waals surface area contributed by atoms with Gasteiger partial charge in [-0.2, -0.15) is 4.98 Å². The van der Waals surface area contributed by atoms with E-state index in [0.29, 0.717) is 24.6 Å². The van der Waals surface area contributed by atoms with E-state index in [2.05, 4.69) is 14.9 Å². The number of aryl methyl sites for hydroxylation is 1. The van der Waals surface area contributed by atoms with E-state index in [1.165, 1.54) is 13.2 Å². The average Bonchev–Trinajstić information content (AvgIpc) is 3.07. The lowest BCUT2D eigenvalue weighted by Gasteiger charge is -2.08. The van der Waals surface area contributed by atoms with Crippen LogP contribution in [0.15, 0.2) is 27.6 Å². The molecule has 0 unspecified atom stereocenters.